The standard InChI is InChI=1S/C18H25ClN2O2/c1-11-8-13(6-7-14(11)19)20-16(23)15(22)12-9-17(2,3)21-18(4,5)10-12/h6-8,12,21H,9-10H2,1-5H3,(H,20,23). The molecule has 1 aliphatic heterocycles. The van der Waals surface area contributed by atoms with E-state index in [2.05, 4.69) is 38.3 Å². The van der Waals surface area contributed by atoms with Crippen LogP contribution < -0.4 is 10.6 Å². The van der Waals surface area contributed by atoms with Crippen LogP contribution in [0.25, 0.3) is 0 Å². The summed E-state index contributed by atoms with van der Waals surface area (Å²) in [5.74, 6) is -1.17. The number of hydrogen-bond acceptors (Lipinski definition) is 3. The Kier molecular flexibility index (Phi) is 4.88. The number of benzene rings is 1. The third kappa shape index (κ3) is 4.55. The topological polar surface area (TPSA) is 58.2 Å². The van der Waals surface area contributed by atoms with Crippen LogP contribution in [0.5, 0.6) is 0 Å². The maximum atomic E-state index is 12.6. The van der Waals surface area contributed by atoms with Crippen molar-refractivity contribution in [2.45, 2.75) is 58.5 Å². The number of piperidine rings is 1. The van der Waals surface area contributed by atoms with Crippen molar-refractivity contribution in [3.05, 3.63) is 28.8 Å². The van der Waals surface area contributed by atoms with Gasteiger partial charge in [-0.3, -0.25) is 9.59 Å². The Labute approximate surface area is 143 Å². The van der Waals surface area contributed by atoms with Gasteiger partial charge in [-0.1, -0.05) is 11.6 Å². The van der Waals surface area contributed by atoms with Crippen molar-refractivity contribution < 1.29 is 9.59 Å². The van der Waals surface area contributed by atoms with Crippen LogP contribution in [0, 0.1) is 12.8 Å². The average Bonchev–Trinajstić information content (AvgIpc) is 2.38. The second kappa shape index (κ2) is 6.25. The van der Waals surface area contributed by atoms with Crippen LogP contribution in [0.15, 0.2) is 18.2 Å². The molecule has 23 heavy (non-hydrogen) atoms. The van der Waals surface area contributed by atoms with E-state index >= 15 is 0 Å². The van der Waals surface area contributed by atoms with Gasteiger partial charge in [0.1, 0.15) is 0 Å². The molecule has 0 saturated carbocycles. The molecule has 0 aliphatic carbocycles. The van der Waals surface area contributed by atoms with Crippen molar-refractivity contribution in [2.75, 3.05) is 5.32 Å². The van der Waals surface area contributed by atoms with Gasteiger partial charge < -0.3 is 10.6 Å². The van der Waals surface area contributed by atoms with E-state index in [1.165, 1.54) is 0 Å². The van der Waals surface area contributed by atoms with E-state index in [9.17, 15) is 9.59 Å². The molecule has 4 nitrogen and oxygen atoms in total. The van der Waals surface area contributed by atoms with Gasteiger partial charge in [-0.25, -0.2) is 0 Å². The molecule has 0 unspecified atom stereocenters. The molecule has 1 aliphatic rings. The summed E-state index contributed by atoms with van der Waals surface area (Å²) in [6, 6.07) is 5.19. The molecule has 1 aromatic carbocycles. The largest absolute Gasteiger partial charge is 0.319 e. The van der Waals surface area contributed by atoms with E-state index in [1.807, 2.05) is 6.92 Å². The average molecular weight is 337 g/mol. The van der Waals surface area contributed by atoms with Gasteiger partial charge in [0.2, 0.25) is 5.78 Å². The second-order valence-corrected chi connectivity index (χ2v) is 8.19. The summed E-state index contributed by atoms with van der Waals surface area (Å²) >= 11 is 5.98. The van der Waals surface area contributed by atoms with Crippen LogP contribution in [-0.2, 0) is 9.59 Å². The Morgan fingerprint density at radius 2 is 1.74 bits per heavy atom. The van der Waals surface area contributed by atoms with Gasteiger partial charge in [-0.05, 0) is 71.2 Å². The van der Waals surface area contributed by atoms with Gasteiger partial charge in [-0.2, -0.15) is 0 Å². The van der Waals surface area contributed by atoms with Gasteiger partial charge in [0.15, 0.2) is 0 Å². The fourth-order valence-electron chi connectivity index (χ4n) is 3.61. The number of hydrogen-bond donors (Lipinski definition) is 2. The molecule has 2 N–H and O–H groups in total. The highest BCUT2D eigenvalue weighted by molar-refractivity contribution is 6.41. The van der Waals surface area contributed by atoms with Crippen molar-refractivity contribution in [1.82, 2.24) is 5.32 Å². The summed E-state index contributed by atoms with van der Waals surface area (Å²) < 4.78 is 0. The van der Waals surface area contributed by atoms with E-state index in [4.69, 9.17) is 11.6 Å². The van der Waals surface area contributed by atoms with E-state index < -0.39 is 5.91 Å². The summed E-state index contributed by atoms with van der Waals surface area (Å²) in [6.07, 6.45) is 1.31. The molecular formula is C18H25ClN2O2. The Morgan fingerprint density at radius 1 is 1.17 bits per heavy atom. The molecule has 1 saturated heterocycles. The summed E-state index contributed by atoms with van der Waals surface area (Å²) in [7, 11) is 0. The molecule has 1 heterocycles. The number of Topliss-reactive ketones (excluding diaryl/α,β-unsaturated/α-hetero) is 1. The zero-order valence-electron chi connectivity index (χ0n) is 14.4. The van der Waals surface area contributed by atoms with Crippen molar-refractivity contribution in [2.24, 2.45) is 5.92 Å². The Balaban J connectivity index is 2.10. The molecule has 0 atom stereocenters. The minimum Gasteiger partial charge on any atom is -0.319 e. The lowest BCUT2D eigenvalue weighted by molar-refractivity contribution is -0.139. The third-order valence-electron chi connectivity index (χ3n) is 4.20. The maximum Gasteiger partial charge on any atom is 0.292 e. The SMILES string of the molecule is Cc1cc(NC(=O)C(=O)C2CC(C)(C)NC(C)(C)C2)ccc1Cl. The number of rotatable bonds is 3. The first-order valence-electron chi connectivity index (χ1n) is 7.90. The van der Waals surface area contributed by atoms with Crippen LogP contribution in [0.2, 0.25) is 5.02 Å². The normalized spacial score (nSPS) is 20.1. The summed E-state index contributed by atoms with van der Waals surface area (Å²) in [5, 5.41) is 6.85. The highest BCUT2D eigenvalue weighted by atomic mass is 35.5. The van der Waals surface area contributed by atoms with Crippen molar-refractivity contribution >= 4 is 29.0 Å². The lowest BCUT2D eigenvalue weighted by atomic mass is 9.74. The minimum atomic E-state index is -0.551. The number of anilines is 1. The van der Waals surface area contributed by atoms with Crippen LogP contribution in [-0.4, -0.2) is 22.8 Å². The number of ketones is 1. The number of nitrogens with one attached hydrogen (secondary N) is 2. The fourth-order valence-corrected chi connectivity index (χ4v) is 3.73. The predicted octanol–water partition coefficient (Wildman–Crippen LogP) is 3.71. The zero-order chi connectivity index (χ0) is 17.4. The Morgan fingerprint density at radius 3 is 2.26 bits per heavy atom. The molecule has 5 heteroatoms. The van der Waals surface area contributed by atoms with Gasteiger partial charge in [0.25, 0.3) is 5.91 Å². The van der Waals surface area contributed by atoms with E-state index in [0.29, 0.717) is 23.6 Å². The lowest BCUT2D eigenvalue weighted by Gasteiger charge is -2.45. The lowest BCUT2D eigenvalue weighted by Crippen LogP contribution is -2.59. The molecule has 1 aromatic rings. The third-order valence-corrected chi connectivity index (χ3v) is 4.62. The Bertz CT molecular complexity index is 622. The smallest absolute Gasteiger partial charge is 0.292 e. The highest BCUT2D eigenvalue weighted by Gasteiger charge is 2.42. The molecule has 0 bridgehead atoms. The molecule has 0 radical (unpaired) electrons. The first-order chi connectivity index (χ1) is 10.5. The monoisotopic (exact) mass is 336 g/mol. The van der Waals surface area contributed by atoms with Crippen molar-refractivity contribution in [1.29, 1.82) is 0 Å². The molecule has 1 amide bonds. The van der Waals surface area contributed by atoms with Crippen LogP contribution in [0.4, 0.5) is 5.69 Å². The van der Waals surface area contributed by atoms with E-state index in [1.54, 1.807) is 18.2 Å². The number of aryl methyl sites for hydroxylation is 1. The maximum absolute atomic E-state index is 12.6. The van der Waals surface area contributed by atoms with E-state index in [-0.39, 0.29) is 22.8 Å². The summed E-state index contributed by atoms with van der Waals surface area (Å²) in [4.78, 5) is 24.9. The molecule has 126 valence electrons. The van der Waals surface area contributed by atoms with Crippen molar-refractivity contribution in [3.8, 4) is 0 Å². The van der Waals surface area contributed by atoms with Gasteiger partial charge in [-0.15, -0.1) is 0 Å². The minimum absolute atomic E-state index is 0.167. The highest BCUT2D eigenvalue weighted by Crippen LogP contribution is 2.33. The van der Waals surface area contributed by atoms with Gasteiger partial charge in [0, 0.05) is 27.7 Å². The molecule has 0 aromatic heterocycles. The molecule has 1 fully saturated rings. The quantitative estimate of drug-likeness (QED) is 0.827. The first kappa shape index (κ1) is 18.0. The zero-order valence-corrected chi connectivity index (χ0v) is 15.2. The second-order valence-electron chi connectivity index (χ2n) is 7.78. The predicted molar refractivity (Wildman–Crippen MR) is 93.8 cm³/mol. The molecular weight excluding hydrogens is 312 g/mol. The number of carbonyl (C=O) groups excluding carboxylic acids is 2. The van der Waals surface area contributed by atoms with Crippen LogP contribution in [0.3, 0.4) is 0 Å². The summed E-state index contributed by atoms with van der Waals surface area (Å²) in [6.45, 7) is 10.1. The van der Waals surface area contributed by atoms with Gasteiger partial charge in [0.05, 0.1) is 0 Å². The number of halogens is 1. The van der Waals surface area contributed by atoms with Crippen LogP contribution >= 0.6 is 11.6 Å². The molecule has 0 spiro atoms. The first-order valence-corrected chi connectivity index (χ1v) is 8.28. The number of amides is 1. The summed E-state index contributed by atoms with van der Waals surface area (Å²) in [5.41, 5.74) is 1.12. The van der Waals surface area contributed by atoms with Gasteiger partial charge >= 0.3 is 0 Å². The number of carbonyl (C=O) groups is 2. The molecule has 2 rings (SSSR count). The van der Waals surface area contributed by atoms with E-state index in [0.717, 1.165) is 5.56 Å². The fraction of sp³-hybridized carbons (Fsp3) is 0.556. The van der Waals surface area contributed by atoms with Crippen LogP contribution in [0.1, 0.15) is 46.1 Å². The van der Waals surface area contributed by atoms with Crippen molar-refractivity contribution in [3.63, 3.8) is 0 Å². The Hall–Kier alpha value is -1.39.